The highest BCUT2D eigenvalue weighted by Gasteiger charge is 2.34. The van der Waals surface area contributed by atoms with Crippen molar-refractivity contribution in [3.05, 3.63) is 28.8 Å². The van der Waals surface area contributed by atoms with Crippen molar-refractivity contribution >= 4 is 23.3 Å². The van der Waals surface area contributed by atoms with E-state index in [1.165, 1.54) is 12.1 Å². The van der Waals surface area contributed by atoms with Crippen molar-refractivity contribution in [3.8, 4) is 0 Å². The smallest absolute Gasteiger partial charge is 0.418 e. The summed E-state index contributed by atoms with van der Waals surface area (Å²) in [5, 5.41) is 2.20. The second-order valence-electron chi connectivity index (χ2n) is 3.09. The maximum Gasteiger partial charge on any atom is 0.418 e. The molecule has 17 heavy (non-hydrogen) atoms. The molecule has 1 aromatic carbocycles. The molecule has 0 unspecified atom stereocenters. The van der Waals surface area contributed by atoms with Gasteiger partial charge >= 0.3 is 12.1 Å². The first-order valence-electron chi connectivity index (χ1n) is 4.52. The Morgan fingerprint density at radius 1 is 1.47 bits per heavy atom. The van der Waals surface area contributed by atoms with Crippen LogP contribution in [0.15, 0.2) is 18.2 Å². The Labute approximate surface area is 101 Å². The molecule has 0 fully saturated rings. The molecule has 0 aliphatic carbocycles. The highest BCUT2D eigenvalue weighted by molar-refractivity contribution is 6.33. The zero-order chi connectivity index (χ0) is 13.1. The van der Waals surface area contributed by atoms with Crippen molar-refractivity contribution in [2.24, 2.45) is 0 Å². The van der Waals surface area contributed by atoms with Gasteiger partial charge < -0.3 is 10.1 Å². The van der Waals surface area contributed by atoms with E-state index in [0.717, 1.165) is 13.2 Å². The quantitative estimate of drug-likeness (QED) is 0.856. The van der Waals surface area contributed by atoms with Gasteiger partial charge in [-0.15, -0.1) is 0 Å². The third kappa shape index (κ3) is 3.52. The van der Waals surface area contributed by atoms with Crippen molar-refractivity contribution < 1.29 is 22.7 Å². The Kier molecular flexibility index (Phi) is 4.22. The minimum absolute atomic E-state index is 0.108. The molecule has 0 spiro atoms. The van der Waals surface area contributed by atoms with Crippen molar-refractivity contribution in [1.82, 2.24) is 0 Å². The molecule has 0 saturated carbocycles. The second kappa shape index (κ2) is 5.27. The van der Waals surface area contributed by atoms with Crippen LogP contribution in [0.3, 0.4) is 0 Å². The highest BCUT2D eigenvalue weighted by atomic mass is 35.5. The summed E-state index contributed by atoms with van der Waals surface area (Å²) in [7, 11) is 1.14. The van der Waals surface area contributed by atoms with Gasteiger partial charge in [0.25, 0.3) is 0 Å². The van der Waals surface area contributed by atoms with Crippen molar-refractivity contribution in [2.75, 3.05) is 19.0 Å². The van der Waals surface area contributed by atoms with Gasteiger partial charge in [-0.3, -0.25) is 4.79 Å². The number of rotatable bonds is 3. The van der Waals surface area contributed by atoms with Crippen molar-refractivity contribution in [2.45, 2.75) is 6.18 Å². The Bertz CT molecular complexity index is 421. The van der Waals surface area contributed by atoms with Crippen LogP contribution in [0.5, 0.6) is 0 Å². The molecular formula is C10H9ClF3NO2. The number of benzene rings is 1. The molecule has 1 aromatic rings. The van der Waals surface area contributed by atoms with Crippen LogP contribution in [0.2, 0.25) is 5.02 Å². The summed E-state index contributed by atoms with van der Waals surface area (Å²) in [6.07, 6.45) is -4.54. The number of carbonyl (C=O) groups is 1. The molecule has 1 N–H and O–H groups in total. The van der Waals surface area contributed by atoms with Crippen LogP contribution in [0.1, 0.15) is 5.56 Å². The van der Waals surface area contributed by atoms with Gasteiger partial charge in [-0.2, -0.15) is 13.2 Å². The SMILES string of the molecule is COC(=O)CNc1c(Cl)cccc1C(F)(F)F. The van der Waals surface area contributed by atoms with Gasteiger partial charge in [0, 0.05) is 0 Å². The van der Waals surface area contributed by atoms with Crippen molar-refractivity contribution in [3.63, 3.8) is 0 Å². The summed E-state index contributed by atoms with van der Waals surface area (Å²) in [5.41, 5.74) is -1.25. The Balaban J connectivity index is 3.00. The number of carbonyl (C=O) groups excluding carboxylic acids is 1. The average Bonchev–Trinajstić information content (AvgIpc) is 2.25. The summed E-state index contributed by atoms with van der Waals surface area (Å²) < 4.78 is 42.2. The zero-order valence-corrected chi connectivity index (χ0v) is 9.52. The number of esters is 1. The van der Waals surface area contributed by atoms with Gasteiger partial charge in [-0.05, 0) is 12.1 Å². The Hall–Kier alpha value is -1.43. The Morgan fingerprint density at radius 2 is 2.12 bits per heavy atom. The van der Waals surface area contributed by atoms with Gasteiger partial charge in [0.05, 0.1) is 23.4 Å². The molecular weight excluding hydrogens is 259 g/mol. The number of alkyl halides is 3. The fourth-order valence-electron chi connectivity index (χ4n) is 1.17. The largest absolute Gasteiger partial charge is 0.468 e. The summed E-state index contributed by atoms with van der Waals surface area (Å²) in [4.78, 5) is 10.8. The van der Waals surface area contributed by atoms with Gasteiger partial charge in [-0.1, -0.05) is 17.7 Å². The lowest BCUT2D eigenvalue weighted by atomic mass is 10.1. The number of ether oxygens (including phenoxy) is 1. The lowest BCUT2D eigenvalue weighted by molar-refractivity contribution is -0.139. The molecule has 1 rings (SSSR count). The van der Waals surface area contributed by atoms with Crippen LogP contribution in [0.4, 0.5) is 18.9 Å². The molecule has 0 saturated heterocycles. The standard InChI is InChI=1S/C10H9ClF3NO2/c1-17-8(16)5-15-9-6(10(12,13)14)3-2-4-7(9)11/h2-4,15H,5H2,1H3. The van der Waals surface area contributed by atoms with Gasteiger partial charge in [0.2, 0.25) is 0 Å². The van der Waals surface area contributed by atoms with E-state index >= 15 is 0 Å². The molecule has 0 heterocycles. The van der Waals surface area contributed by atoms with E-state index in [4.69, 9.17) is 11.6 Å². The van der Waals surface area contributed by atoms with Gasteiger partial charge in [0.1, 0.15) is 6.54 Å². The number of methoxy groups -OCH3 is 1. The number of nitrogens with one attached hydrogen (secondary N) is 1. The van der Waals surface area contributed by atoms with Crippen molar-refractivity contribution in [1.29, 1.82) is 0 Å². The molecule has 0 amide bonds. The van der Waals surface area contributed by atoms with E-state index in [1.54, 1.807) is 0 Å². The fraction of sp³-hybridized carbons (Fsp3) is 0.300. The van der Waals surface area contributed by atoms with E-state index in [2.05, 4.69) is 10.1 Å². The number of para-hydroxylation sites is 1. The second-order valence-corrected chi connectivity index (χ2v) is 3.50. The monoisotopic (exact) mass is 267 g/mol. The van der Waals surface area contributed by atoms with E-state index in [1.807, 2.05) is 0 Å². The first kappa shape index (κ1) is 13.6. The minimum Gasteiger partial charge on any atom is -0.468 e. The number of anilines is 1. The van der Waals surface area contributed by atoms with E-state index in [-0.39, 0.29) is 17.3 Å². The molecule has 94 valence electrons. The molecule has 0 aliphatic rings. The summed E-state index contributed by atoms with van der Waals surface area (Å²) >= 11 is 5.65. The molecule has 0 atom stereocenters. The molecule has 0 aromatic heterocycles. The first-order valence-corrected chi connectivity index (χ1v) is 4.90. The molecule has 0 radical (unpaired) electrons. The fourth-order valence-corrected chi connectivity index (χ4v) is 1.41. The summed E-state index contributed by atoms with van der Waals surface area (Å²) in [6.45, 7) is -0.386. The van der Waals surface area contributed by atoms with Crippen LogP contribution >= 0.6 is 11.6 Å². The lowest BCUT2D eigenvalue weighted by Gasteiger charge is -2.15. The lowest BCUT2D eigenvalue weighted by Crippen LogP contribution is -2.18. The zero-order valence-electron chi connectivity index (χ0n) is 8.77. The van der Waals surface area contributed by atoms with Crippen LogP contribution in [0.25, 0.3) is 0 Å². The normalized spacial score (nSPS) is 11.1. The minimum atomic E-state index is -4.54. The van der Waals surface area contributed by atoms with Crippen LogP contribution < -0.4 is 5.32 Å². The molecule has 0 bridgehead atoms. The van der Waals surface area contributed by atoms with E-state index < -0.39 is 17.7 Å². The summed E-state index contributed by atoms with van der Waals surface area (Å²) in [5.74, 6) is -0.682. The summed E-state index contributed by atoms with van der Waals surface area (Å²) in [6, 6.07) is 3.37. The third-order valence-corrected chi connectivity index (χ3v) is 2.27. The number of hydrogen-bond acceptors (Lipinski definition) is 3. The molecule has 3 nitrogen and oxygen atoms in total. The number of halogens is 4. The van der Waals surface area contributed by atoms with E-state index in [0.29, 0.717) is 0 Å². The Morgan fingerprint density at radius 3 is 2.65 bits per heavy atom. The predicted octanol–water partition coefficient (Wildman–Crippen LogP) is 2.94. The maximum absolute atomic E-state index is 12.6. The van der Waals surface area contributed by atoms with Crippen LogP contribution in [0, 0.1) is 0 Å². The number of hydrogen-bond donors (Lipinski definition) is 1. The van der Waals surface area contributed by atoms with Gasteiger partial charge in [-0.25, -0.2) is 0 Å². The first-order chi connectivity index (χ1) is 7.86. The third-order valence-electron chi connectivity index (χ3n) is 1.96. The maximum atomic E-state index is 12.6. The molecule has 7 heteroatoms. The highest BCUT2D eigenvalue weighted by Crippen LogP contribution is 2.38. The van der Waals surface area contributed by atoms with Crippen LogP contribution in [-0.2, 0) is 15.7 Å². The molecule has 0 aliphatic heterocycles. The van der Waals surface area contributed by atoms with Gasteiger partial charge in [0.15, 0.2) is 0 Å². The van der Waals surface area contributed by atoms with Crippen LogP contribution in [-0.4, -0.2) is 19.6 Å². The predicted molar refractivity (Wildman–Crippen MR) is 57.0 cm³/mol. The van der Waals surface area contributed by atoms with E-state index in [9.17, 15) is 18.0 Å². The average molecular weight is 268 g/mol. The topological polar surface area (TPSA) is 38.3 Å².